The van der Waals surface area contributed by atoms with Crippen LogP contribution in [0.2, 0.25) is 0 Å². The lowest BCUT2D eigenvalue weighted by Crippen LogP contribution is -2.51. The molecule has 1 saturated carbocycles. The van der Waals surface area contributed by atoms with Crippen molar-refractivity contribution in [2.45, 2.75) is 73.1 Å². The Balaban J connectivity index is 1.25. The minimum Gasteiger partial charge on any atom is -0.446 e. The summed E-state index contributed by atoms with van der Waals surface area (Å²) >= 11 is 3.24. The predicted molar refractivity (Wildman–Crippen MR) is 114 cm³/mol. The Bertz CT molecular complexity index is 617. The van der Waals surface area contributed by atoms with Crippen LogP contribution in [0.15, 0.2) is 0 Å². The Morgan fingerprint density at radius 1 is 1.00 bits per heavy atom. The fourth-order valence-corrected chi connectivity index (χ4v) is 7.23. The van der Waals surface area contributed by atoms with Gasteiger partial charge < -0.3 is 15.4 Å². The van der Waals surface area contributed by atoms with Gasteiger partial charge in [-0.05, 0) is 50.8 Å². The number of alkyl carbamates (subject to hydrolysis) is 1. The molecule has 1 aliphatic carbocycles. The van der Waals surface area contributed by atoms with Crippen molar-refractivity contribution in [2.75, 3.05) is 18.8 Å². The van der Waals surface area contributed by atoms with Gasteiger partial charge in [0, 0.05) is 17.8 Å². The predicted octanol–water partition coefficient (Wildman–Crippen LogP) is 1.16. The van der Waals surface area contributed by atoms with E-state index >= 15 is 0 Å². The van der Waals surface area contributed by atoms with E-state index in [2.05, 4.69) is 21.3 Å². The molecule has 0 bridgehead atoms. The minimum absolute atomic E-state index is 0.0774. The number of imide groups is 1. The molecule has 10 heteroatoms. The highest BCUT2D eigenvalue weighted by atomic mass is 32.2. The number of amides is 3. The van der Waals surface area contributed by atoms with Crippen molar-refractivity contribution in [1.82, 2.24) is 21.3 Å². The zero-order chi connectivity index (χ0) is 20.2. The molecule has 4 fully saturated rings. The first-order valence-corrected chi connectivity index (χ1v) is 12.6. The van der Waals surface area contributed by atoms with E-state index < -0.39 is 12.0 Å². The molecule has 3 heterocycles. The van der Waals surface area contributed by atoms with E-state index in [-0.39, 0.29) is 28.7 Å². The Morgan fingerprint density at radius 2 is 1.83 bits per heavy atom. The number of ether oxygens (including phenoxy) is 1. The maximum atomic E-state index is 12.7. The number of hydrogen-bond acceptors (Lipinski definition) is 8. The van der Waals surface area contributed by atoms with E-state index in [0.29, 0.717) is 17.7 Å². The number of thioether (sulfide) groups is 2. The van der Waals surface area contributed by atoms with Crippen LogP contribution >= 0.6 is 23.5 Å². The Kier molecular flexibility index (Phi) is 7.25. The first kappa shape index (κ1) is 21.3. The molecule has 0 aromatic rings. The summed E-state index contributed by atoms with van der Waals surface area (Å²) in [5, 5.41) is 12.0. The minimum atomic E-state index is -0.659. The maximum absolute atomic E-state index is 12.7. The molecular weight excluding hydrogens is 412 g/mol. The average Bonchev–Trinajstić information content (AvgIpc) is 3.35. The first-order valence-electron chi connectivity index (χ1n) is 10.7. The summed E-state index contributed by atoms with van der Waals surface area (Å²) < 4.78 is 5.39. The second kappa shape index (κ2) is 9.89. The fourth-order valence-electron chi connectivity index (χ4n) is 4.48. The highest BCUT2D eigenvalue weighted by molar-refractivity contribution is 8.01. The number of carbonyl (C=O) groups is 3. The summed E-state index contributed by atoms with van der Waals surface area (Å²) in [4.78, 5) is 37.4. The van der Waals surface area contributed by atoms with Crippen LogP contribution in [-0.4, -0.2) is 64.9 Å². The number of rotatable bonds is 4. The molecule has 0 aromatic carbocycles. The molecule has 5 atom stereocenters. The van der Waals surface area contributed by atoms with Crippen molar-refractivity contribution < 1.29 is 19.1 Å². The van der Waals surface area contributed by atoms with E-state index in [1.54, 1.807) is 23.5 Å². The van der Waals surface area contributed by atoms with Crippen molar-refractivity contribution in [3.05, 3.63) is 0 Å². The van der Waals surface area contributed by atoms with Gasteiger partial charge in [0.05, 0.1) is 11.3 Å². The number of nitrogens with one attached hydrogen (secondary N) is 4. The third kappa shape index (κ3) is 5.39. The van der Waals surface area contributed by atoms with Gasteiger partial charge in [-0.15, -0.1) is 23.5 Å². The van der Waals surface area contributed by atoms with Gasteiger partial charge in [-0.1, -0.05) is 6.42 Å². The van der Waals surface area contributed by atoms with E-state index in [1.807, 2.05) is 0 Å². The Labute approximate surface area is 179 Å². The summed E-state index contributed by atoms with van der Waals surface area (Å²) in [6.45, 7) is 1.87. The van der Waals surface area contributed by atoms with Crippen LogP contribution in [0.1, 0.15) is 44.9 Å². The number of fused-ring (bicyclic) bond motifs is 1. The van der Waals surface area contributed by atoms with Crippen LogP contribution in [0.3, 0.4) is 0 Å². The molecular formula is C19H30N4O4S2. The third-order valence-electron chi connectivity index (χ3n) is 6.10. The van der Waals surface area contributed by atoms with Gasteiger partial charge in [0.15, 0.2) is 0 Å². The molecule has 29 heavy (non-hydrogen) atoms. The molecule has 0 radical (unpaired) electrons. The molecule has 3 amide bonds. The Hall–Kier alpha value is -0.970. The average molecular weight is 443 g/mol. The van der Waals surface area contributed by atoms with Gasteiger partial charge >= 0.3 is 6.09 Å². The normalized spacial score (nSPS) is 35.0. The lowest BCUT2D eigenvalue weighted by molar-refractivity contribution is -0.125. The maximum Gasteiger partial charge on any atom is 0.414 e. The highest BCUT2D eigenvalue weighted by Crippen LogP contribution is 2.34. The van der Waals surface area contributed by atoms with Gasteiger partial charge in [-0.25, -0.2) is 4.79 Å². The van der Waals surface area contributed by atoms with Crippen molar-refractivity contribution >= 4 is 41.4 Å². The quantitative estimate of drug-likeness (QED) is 0.514. The van der Waals surface area contributed by atoms with Gasteiger partial charge in [-0.3, -0.25) is 20.2 Å². The van der Waals surface area contributed by atoms with Crippen molar-refractivity contribution in [1.29, 1.82) is 0 Å². The number of hydrogen-bond donors (Lipinski definition) is 4. The molecule has 0 aromatic heterocycles. The lowest BCUT2D eigenvalue weighted by atomic mass is 9.98. The standard InChI is InChI=1S/C19H30N4O4S2/c24-15(23-19(26)27-11-4-2-1-3-5-11)12-7-9-28-17(12)22-16(25)18-21-13-10-20-8-6-14(13)29-18/h11-14,17-18,20-21H,1-10H2,(H,22,25)(H,23,24,26). The zero-order valence-corrected chi connectivity index (χ0v) is 18.1. The topological polar surface area (TPSA) is 109 Å². The third-order valence-corrected chi connectivity index (χ3v) is 8.91. The fraction of sp³-hybridized carbons (Fsp3) is 0.842. The lowest BCUT2D eigenvalue weighted by Gasteiger charge is -2.24. The number of piperidine rings is 1. The summed E-state index contributed by atoms with van der Waals surface area (Å²) in [5.74, 6) is -0.0724. The molecule has 3 saturated heterocycles. The van der Waals surface area contributed by atoms with Gasteiger partial charge in [0.1, 0.15) is 11.5 Å². The molecule has 3 aliphatic heterocycles. The molecule has 162 valence electrons. The van der Waals surface area contributed by atoms with Crippen LogP contribution in [0.25, 0.3) is 0 Å². The molecule has 5 unspecified atom stereocenters. The highest BCUT2D eigenvalue weighted by Gasteiger charge is 2.42. The Morgan fingerprint density at radius 3 is 2.62 bits per heavy atom. The van der Waals surface area contributed by atoms with Crippen LogP contribution in [-0.2, 0) is 14.3 Å². The van der Waals surface area contributed by atoms with Crippen LogP contribution in [0.4, 0.5) is 4.79 Å². The van der Waals surface area contributed by atoms with E-state index in [0.717, 1.165) is 50.9 Å². The van der Waals surface area contributed by atoms with Gasteiger partial charge in [-0.2, -0.15) is 0 Å². The largest absolute Gasteiger partial charge is 0.446 e. The van der Waals surface area contributed by atoms with Crippen LogP contribution < -0.4 is 21.3 Å². The second-order valence-corrected chi connectivity index (χ2v) is 10.8. The van der Waals surface area contributed by atoms with E-state index in [9.17, 15) is 14.4 Å². The summed E-state index contributed by atoms with van der Waals surface area (Å²) in [6, 6.07) is 0.314. The van der Waals surface area contributed by atoms with Crippen LogP contribution in [0.5, 0.6) is 0 Å². The summed E-state index contributed by atoms with van der Waals surface area (Å²) in [7, 11) is 0. The number of carbonyl (C=O) groups excluding carboxylic acids is 3. The second-order valence-electron chi connectivity index (χ2n) is 8.17. The van der Waals surface area contributed by atoms with E-state index in [4.69, 9.17) is 4.74 Å². The molecule has 4 aliphatic rings. The summed E-state index contributed by atoms with van der Waals surface area (Å²) in [6.07, 6.45) is 5.97. The summed E-state index contributed by atoms with van der Waals surface area (Å²) in [5.41, 5.74) is 0. The molecule has 4 rings (SSSR count). The zero-order valence-electron chi connectivity index (χ0n) is 16.5. The SMILES string of the molecule is O=C(NC(=O)C1CCSC1NC(=O)C1NC2CNCCC2S1)OC1CCCCC1. The van der Waals surface area contributed by atoms with Gasteiger partial charge in [0.2, 0.25) is 11.8 Å². The van der Waals surface area contributed by atoms with Crippen molar-refractivity contribution in [3.63, 3.8) is 0 Å². The van der Waals surface area contributed by atoms with Crippen molar-refractivity contribution in [3.8, 4) is 0 Å². The molecule has 8 nitrogen and oxygen atoms in total. The smallest absolute Gasteiger partial charge is 0.414 e. The monoisotopic (exact) mass is 442 g/mol. The van der Waals surface area contributed by atoms with Crippen molar-refractivity contribution in [2.24, 2.45) is 5.92 Å². The van der Waals surface area contributed by atoms with Gasteiger partial charge in [0.25, 0.3) is 0 Å². The van der Waals surface area contributed by atoms with Crippen LogP contribution in [0, 0.1) is 5.92 Å². The van der Waals surface area contributed by atoms with E-state index in [1.165, 1.54) is 6.42 Å². The molecule has 4 N–H and O–H groups in total. The molecule has 0 spiro atoms. The first-order chi connectivity index (χ1) is 14.1.